The standard InChI is InChI=1S/C12H22N2/c1-2-9(1)12(10-3-4-10)8-14-11-5-6-13-7-11/h9-14H,1-8H2. The van der Waals surface area contributed by atoms with Crippen molar-refractivity contribution in [3.05, 3.63) is 0 Å². The van der Waals surface area contributed by atoms with E-state index in [1.165, 1.54) is 51.7 Å². The predicted octanol–water partition coefficient (Wildman–Crippen LogP) is 1.37. The first kappa shape index (κ1) is 9.17. The van der Waals surface area contributed by atoms with Crippen LogP contribution in [0.3, 0.4) is 0 Å². The average molecular weight is 194 g/mol. The van der Waals surface area contributed by atoms with Crippen LogP contribution in [-0.2, 0) is 0 Å². The number of hydrogen-bond donors (Lipinski definition) is 2. The smallest absolute Gasteiger partial charge is 0.0204 e. The lowest BCUT2D eigenvalue weighted by molar-refractivity contribution is 0.359. The van der Waals surface area contributed by atoms with E-state index in [4.69, 9.17) is 0 Å². The molecule has 2 aliphatic carbocycles. The molecule has 0 spiro atoms. The topological polar surface area (TPSA) is 24.1 Å². The summed E-state index contributed by atoms with van der Waals surface area (Å²) in [5, 5.41) is 7.19. The maximum Gasteiger partial charge on any atom is 0.0204 e. The summed E-state index contributed by atoms with van der Waals surface area (Å²) in [6.07, 6.45) is 7.41. The molecule has 2 nitrogen and oxygen atoms in total. The van der Waals surface area contributed by atoms with Crippen molar-refractivity contribution in [3.8, 4) is 0 Å². The van der Waals surface area contributed by atoms with Gasteiger partial charge in [-0.15, -0.1) is 0 Å². The molecule has 0 amide bonds. The lowest BCUT2D eigenvalue weighted by Gasteiger charge is -2.19. The Bertz CT molecular complexity index is 178. The minimum absolute atomic E-state index is 0.773. The van der Waals surface area contributed by atoms with Crippen LogP contribution in [-0.4, -0.2) is 25.7 Å². The van der Waals surface area contributed by atoms with Gasteiger partial charge in [-0.3, -0.25) is 0 Å². The Labute approximate surface area is 86.8 Å². The second kappa shape index (κ2) is 3.82. The SMILES string of the molecule is C1CC(NCC(C2CC2)C2CC2)CN1. The van der Waals surface area contributed by atoms with Crippen LogP contribution in [0.1, 0.15) is 32.1 Å². The summed E-state index contributed by atoms with van der Waals surface area (Å²) < 4.78 is 0. The fourth-order valence-electron chi connectivity index (χ4n) is 2.90. The molecule has 3 rings (SSSR count). The van der Waals surface area contributed by atoms with Gasteiger partial charge in [0.25, 0.3) is 0 Å². The monoisotopic (exact) mass is 194 g/mol. The van der Waals surface area contributed by atoms with Crippen molar-refractivity contribution in [3.63, 3.8) is 0 Å². The molecule has 14 heavy (non-hydrogen) atoms. The zero-order chi connectivity index (χ0) is 9.38. The van der Waals surface area contributed by atoms with Crippen molar-refractivity contribution in [2.24, 2.45) is 17.8 Å². The number of rotatable bonds is 5. The van der Waals surface area contributed by atoms with Gasteiger partial charge in [-0.2, -0.15) is 0 Å². The molecule has 80 valence electrons. The van der Waals surface area contributed by atoms with E-state index in [1.54, 1.807) is 0 Å². The highest BCUT2D eigenvalue weighted by Gasteiger charge is 2.41. The van der Waals surface area contributed by atoms with Crippen LogP contribution in [0.4, 0.5) is 0 Å². The summed E-state index contributed by atoms with van der Waals surface area (Å²) in [5.41, 5.74) is 0. The maximum atomic E-state index is 3.76. The van der Waals surface area contributed by atoms with Gasteiger partial charge < -0.3 is 10.6 Å². The third kappa shape index (κ3) is 2.12. The minimum Gasteiger partial charge on any atom is -0.315 e. The van der Waals surface area contributed by atoms with Gasteiger partial charge in [0.2, 0.25) is 0 Å². The minimum atomic E-state index is 0.773. The van der Waals surface area contributed by atoms with E-state index in [1.807, 2.05) is 0 Å². The molecule has 1 atom stereocenters. The predicted molar refractivity (Wildman–Crippen MR) is 58.2 cm³/mol. The van der Waals surface area contributed by atoms with Crippen LogP contribution in [0.5, 0.6) is 0 Å². The zero-order valence-electron chi connectivity index (χ0n) is 8.97. The van der Waals surface area contributed by atoms with Crippen LogP contribution in [0.25, 0.3) is 0 Å². The molecule has 0 aromatic heterocycles. The summed E-state index contributed by atoms with van der Waals surface area (Å²) in [6.45, 7) is 3.72. The molecule has 1 aliphatic heterocycles. The first-order valence-electron chi connectivity index (χ1n) is 6.37. The highest BCUT2D eigenvalue weighted by Crippen LogP contribution is 2.48. The van der Waals surface area contributed by atoms with Gasteiger partial charge in [0, 0.05) is 12.6 Å². The fraction of sp³-hybridized carbons (Fsp3) is 1.00. The molecular formula is C12H22N2. The highest BCUT2D eigenvalue weighted by molar-refractivity contribution is 4.93. The van der Waals surface area contributed by atoms with Crippen molar-refractivity contribution in [1.29, 1.82) is 0 Å². The van der Waals surface area contributed by atoms with Crippen molar-refractivity contribution >= 4 is 0 Å². The first-order chi connectivity index (χ1) is 6.93. The lowest BCUT2D eigenvalue weighted by Crippen LogP contribution is -2.36. The summed E-state index contributed by atoms with van der Waals surface area (Å²) in [4.78, 5) is 0. The molecule has 2 saturated carbocycles. The number of nitrogens with one attached hydrogen (secondary N) is 2. The Morgan fingerprint density at radius 1 is 1.07 bits per heavy atom. The molecule has 1 unspecified atom stereocenters. The van der Waals surface area contributed by atoms with Crippen molar-refractivity contribution in [2.75, 3.05) is 19.6 Å². The van der Waals surface area contributed by atoms with Crippen LogP contribution in [0.2, 0.25) is 0 Å². The Morgan fingerprint density at radius 2 is 1.79 bits per heavy atom. The molecule has 1 saturated heterocycles. The van der Waals surface area contributed by atoms with Crippen molar-refractivity contribution in [2.45, 2.75) is 38.1 Å². The van der Waals surface area contributed by atoms with E-state index in [0.29, 0.717) is 0 Å². The van der Waals surface area contributed by atoms with Gasteiger partial charge in [-0.05, 0) is 62.9 Å². The Hall–Kier alpha value is -0.0800. The summed E-state index contributed by atoms with van der Waals surface area (Å²) >= 11 is 0. The molecule has 0 bridgehead atoms. The second-order valence-corrected chi connectivity index (χ2v) is 5.44. The van der Waals surface area contributed by atoms with Gasteiger partial charge in [0.15, 0.2) is 0 Å². The van der Waals surface area contributed by atoms with Crippen molar-refractivity contribution < 1.29 is 0 Å². The summed E-state index contributed by atoms with van der Waals surface area (Å²) in [5.74, 6) is 3.24. The molecule has 2 N–H and O–H groups in total. The van der Waals surface area contributed by atoms with Crippen LogP contribution in [0, 0.1) is 17.8 Å². The van der Waals surface area contributed by atoms with Crippen LogP contribution in [0.15, 0.2) is 0 Å². The highest BCUT2D eigenvalue weighted by atomic mass is 15.0. The van der Waals surface area contributed by atoms with Crippen LogP contribution >= 0.6 is 0 Å². The van der Waals surface area contributed by atoms with Gasteiger partial charge in [-0.25, -0.2) is 0 Å². The first-order valence-corrected chi connectivity index (χ1v) is 6.37. The Kier molecular flexibility index (Phi) is 2.50. The molecule has 0 radical (unpaired) electrons. The Balaban J connectivity index is 1.44. The van der Waals surface area contributed by atoms with E-state index < -0.39 is 0 Å². The molecule has 1 heterocycles. The van der Waals surface area contributed by atoms with Crippen molar-refractivity contribution in [1.82, 2.24) is 10.6 Å². The third-order valence-corrected chi connectivity index (χ3v) is 4.16. The summed E-state index contributed by atoms with van der Waals surface area (Å²) in [7, 11) is 0. The third-order valence-electron chi connectivity index (χ3n) is 4.16. The number of hydrogen-bond acceptors (Lipinski definition) is 2. The fourth-order valence-corrected chi connectivity index (χ4v) is 2.90. The van der Waals surface area contributed by atoms with E-state index >= 15 is 0 Å². The van der Waals surface area contributed by atoms with E-state index in [-0.39, 0.29) is 0 Å². The normalized spacial score (nSPS) is 32.8. The quantitative estimate of drug-likeness (QED) is 0.691. The largest absolute Gasteiger partial charge is 0.315 e. The molecule has 2 heteroatoms. The Morgan fingerprint density at radius 3 is 2.29 bits per heavy atom. The molecule has 0 aromatic carbocycles. The van der Waals surface area contributed by atoms with Gasteiger partial charge >= 0.3 is 0 Å². The van der Waals surface area contributed by atoms with Gasteiger partial charge in [0.1, 0.15) is 0 Å². The van der Waals surface area contributed by atoms with Crippen LogP contribution < -0.4 is 10.6 Å². The molecule has 3 fully saturated rings. The van der Waals surface area contributed by atoms with E-state index in [0.717, 1.165) is 23.8 Å². The lowest BCUT2D eigenvalue weighted by atomic mass is 9.97. The molecule has 0 aromatic rings. The zero-order valence-corrected chi connectivity index (χ0v) is 8.97. The van der Waals surface area contributed by atoms with Gasteiger partial charge in [0.05, 0.1) is 0 Å². The molecular weight excluding hydrogens is 172 g/mol. The van der Waals surface area contributed by atoms with E-state index in [9.17, 15) is 0 Å². The summed E-state index contributed by atoms with van der Waals surface area (Å²) in [6, 6.07) is 0.773. The molecule has 3 aliphatic rings. The maximum absolute atomic E-state index is 3.76. The second-order valence-electron chi connectivity index (χ2n) is 5.44. The average Bonchev–Trinajstić information content (AvgIpc) is 3.09. The van der Waals surface area contributed by atoms with E-state index in [2.05, 4.69) is 10.6 Å². The van der Waals surface area contributed by atoms with Gasteiger partial charge in [-0.1, -0.05) is 0 Å².